The van der Waals surface area contributed by atoms with Crippen LogP contribution in [0.4, 0.5) is 0 Å². The minimum absolute atomic E-state index is 0.0128. The Morgan fingerprint density at radius 1 is 1.30 bits per heavy atom. The minimum atomic E-state index is -0.754. The lowest BCUT2D eigenvalue weighted by Gasteiger charge is -2.36. The van der Waals surface area contributed by atoms with Crippen molar-refractivity contribution in [2.45, 2.75) is 39.7 Å². The van der Waals surface area contributed by atoms with Gasteiger partial charge in [-0.2, -0.15) is 0 Å². The predicted molar refractivity (Wildman–Crippen MR) is 76.8 cm³/mol. The van der Waals surface area contributed by atoms with E-state index in [1.807, 2.05) is 39.0 Å². The van der Waals surface area contributed by atoms with E-state index in [0.29, 0.717) is 19.4 Å². The zero-order valence-corrected chi connectivity index (χ0v) is 12.2. The summed E-state index contributed by atoms with van der Waals surface area (Å²) in [5, 5.41) is 9.07. The van der Waals surface area contributed by atoms with Crippen LogP contribution in [0, 0.1) is 19.8 Å². The molecule has 1 fully saturated rings. The number of hydrogen-bond acceptors (Lipinski definition) is 2. The third kappa shape index (κ3) is 2.84. The molecule has 4 nitrogen and oxygen atoms in total. The van der Waals surface area contributed by atoms with E-state index < -0.39 is 5.97 Å². The molecule has 0 aromatic heterocycles. The number of benzene rings is 1. The van der Waals surface area contributed by atoms with Crippen LogP contribution in [-0.2, 0) is 4.79 Å². The van der Waals surface area contributed by atoms with Gasteiger partial charge in [0, 0.05) is 18.2 Å². The van der Waals surface area contributed by atoms with Crippen molar-refractivity contribution in [1.82, 2.24) is 4.90 Å². The summed E-state index contributed by atoms with van der Waals surface area (Å²) in [4.78, 5) is 25.4. The predicted octanol–water partition coefficient (Wildman–Crippen LogP) is 2.63. The summed E-state index contributed by atoms with van der Waals surface area (Å²) in [6, 6.07) is 5.78. The van der Waals surface area contributed by atoms with Crippen molar-refractivity contribution in [2.24, 2.45) is 5.92 Å². The number of carbonyl (C=O) groups is 2. The monoisotopic (exact) mass is 275 g/mol. The molecule has 4 heteroatoms. The molecule has 1 N–H and O–H groups in total. The number of likely N-dealkylation sites (tertiary alicyclic amines) is 1. The molecule has 1 aliphatic heterocycles. The first-order valence-electron chi connectivity index (χ1n) is 7.01. The molecule has 0 aliphatic carbocycles. The number of aliphatic carboxylic acids is 1. The molecule has 1 aromatic carbocycles. The molecule has 1 aromatic rings. The Labute approximate surface area is 119 Å². The highest BCUT2D eigenvalue weighted by atomic mass is 16.4. The van der Waals surface area contributed by atoms with Crippen molar-refractivity contribution >= 4 is 11.9 Å². The topological polar surface area (TPSA) is 57.6 Å². The highest BCUT2D eigenvalue weighted by molar-refractivity contribution is 5.96. The highest BCUT2D eigenvalue weighted by Gasteiger charge is 2.32. The minimum Gasteiger partial charge on any atom is -0.481 e. The Bertz CT molecular complexity index is 539. The summed E-state index contributed by atoms with van der Waals surface area (Å²) in [5.41, 5.74) is 2.83. The first-order valence-corrected chi connectivity index (χ1v) is 7.01. The number of carbonyl (C=O) groups excluding carboxylic acids is 1. The molecule has 2 unspecified atom stereocenters. The maximum atomic E-state index is 12.6. The largest absolute Gasteiger partial charge is 0.481 e. The van der Waals surface area contributed by atoms with Gasteiger partial charge in [-0.1, -0.05) is 17.7 Å². The Hall–Kier alpha value is -1.84. The molecule has 2 atom stereocenters. The number of aryl methyl sites for hydroxylation is 2. The molecule has 0 radical (unpaired) electrons. The Morgan fingerprint density at radius 3 is 2.55 bits per heavy atom. The molecule has 1 saturated heterocycles. The summed E-state index contributed by atoms with van der Waals surface area (Å²) in [6.07, 6.45) is 1.07. The fourth-order valence-electron chi connectivity index (χ4n) is 2.91. The molecule has 20 heavy (non-hydrogen) atoms. The molecule has 1 amide bonds. The van der Waals surface area contributed by atoms with Crippen LogP contribution in [0.15, 0.2) is 18.2 Å². The first kappa shape index (κ1) is 14.6. The van der Waals surface area contributed by atoms with E-state index in [1.165, 1.54) is 0 Å². The highest BCUT2D eigenvalue weighted by Crippen LogP contribution is 2.25. The van der Waals surface area contributed by atoms with Crippen LogP contribution in [0.2, 0.25) is 0 Å². The molecule has 108 valence electrons. The molecule has 0 spiro atoms. The zero-order valence-electron chi connectivity index (χ0n) is 12.2. The SMILES string of the molecule is Cc1ccc(C(=O)N2CCC(C(=O)O)CC2C)c(C)c1. The summed E-state index contributed by atoms with van der Waals surface area (Å²) in [5.74, 6) is -1.07. The van der Waals surface area contributed by atoms with Crippen LogP contribution in [0.25, 0.3) is 0 Å². The second-order valence-corrected chi connectivity index (χ2v) is 5.73. The molecule has 1 heterocycles. The van der Waals surface area contributed by atoms with Crippen molar-refractivity contribution in [3.05, 3.63) is 34.9 Å². The van der Waals surface area contributed by atoms with Crippen molar-refractivity contribution in [2.75, 3.05) is 6.54 Å². The van der Waals surface area contributed by atoms with Gasteiger partial charge in [0.25, 0.3) is 5.91 Å². The lowest BCUT2D eigenvalue weighted by atomic mass is 9.91. The van der Waals surface area contributed by atoms with E-state index in [-0.39, 0.29) is 17.9 Å². The van der Waals surface area contributed by atoms with E-state index >= 15 is 0 Å². The van der Waals surface area contributed by atoms with Gasteiger partial charge < -0.3 is 10.0 Å². The quantitative estimate of drug-likeness (QED) is 0.902. The second kappa shape index (κ2) is 5.65. The average molecular weight is 275 g/mol. The van der Waals surface area contributed by atoms with E-state index in [2.05, 4.69) is 0 Å². The van der Waals surface area contributed by atoms with Gasteiger partial charge in [-0.25, -0.2) is 0 Å². The van der Waals surface area contributed by atoms with E-state index in [9.17, 15) is 9.59 Å². The van der Waals surface area contributed by atoms with Gasteiger partial charge in [0.15, 0.2) is 0 Å². The summed E-state index contributed by atoms with van der Waals surface area (Å²) in [6.45, 7) is 6.39. The van der Waals surface area contributed by atoms with E-state index in [1.54, 1.807) is 4.90 Å². The standard InChI is InChI=1S/C16H21NO3/c1-10-4-5-14(11(2)8-10)15(18)17-7-6-13(16(19)20)9-12(17)3/h4-5,8,12-13H,6-7,9H2,1-3H3,(H,19,20). The van der Waals surface area contributed by atoms with Crippen LogP contribution in [0.1, 0.15) is 41.3 Å². The van der Waals surface area contributed by atoms with Gasteiger partial charge in [-0.3, -0.25) is 9.59 Å². The Morgan fingerprint density at radius 2 is 2.00 bits per heavy atom. The van der Waals surface area contributed by atoms with Crippen LogP contribution in [0.3, 0.4) is 0 Å². The van der Waals surface area contributed by atoms with Crippen LogP contribution < -0.4 is 0 Å². The fraction of sp³-hybridized carbons (Fsp3) is 0.500. The van der Waals surface area contributed by atoms with Crippen LogP contribution >= 0.6 is 0 Å². The molecule has 1 aliphatic rings. The number of carboxylic acid groups (broad SMARTS) is 1. The second-order valence-electron chi connectivity index (χ2n) is 5.73. The van der Waals surface area contributed by atoms with Crippen molar-refractivity contribution in [1.29, 1.82) is 0 Å². The fourth-order valence-corrected chi connectivity index (χ4v) is 2.91. The van der Waals surface area contributed by atoms with Gasteiger partial charge in [0.05, 0.1) is 5.92 Å². The molecule has 0 saturated carbocycles. The van der Waals surface area contributed by atoms with Crippen LogP contribution in [-0.4, -0.2) is 34.5 Å². The van der Waals surface area contributed by atoms with Gasteiger partial charge in [0.2, 0.25) is 0 Å². The number of piperidine rings is 1. The zero-order chi connectivity index (χ0) is 14.9. The van der Waals surface area contributed by atoms with Gasteiger partial charge in [-0.15, -0.1) is 0 Å². The maximum absolute atomic E-state index is 12.6. The maximum Gasteiger partial charge on any atom is 0.306 e. The van der Waals surface area contributed by atoms with Crippen molar-refractivity contribution in [3.63, 3.8) is 0 Å². The van der Waals surface area contributed by atoms with Gasteiger partial charge in [0.1, 0.15) is 0 Å². The van der Waals surface area contributed by atoms with Gasteiger partial charge >= 0.3 is 5.97 Å². The number of nitrogens with zero attached hydrogens (tertiary/aromatic N) is 1. The molecule has 2 rings (SSSR count). The Kier molecular flexibility index (Phi) is 4.12. The van der Waals surface area contributed by atoms with Crippen molar-refractivity contribution < 1.29 is 14.7 Å². The number of rotatable bonds is 2. The molecule has 0 bridgehead atoms. The molecular weight excluding hydrogens is 254 g/mol. The van der Waals surface area contributed by atoms with E-state index in [0.717, 1.165) is 16.7 Å². The third-order valence-corrected chi connectivity index (χ3v) is 4.10. The lowest BCUT2D eigenvalue weighted by Crippen LogP contribution is -2.46. The van der Waals surface area contributed by atoms with E-state index in [4.69, 9.17) is 5.11 Å². The van der Waals surface area contributed by atoms with Crippen LogP contribution in [0.5, 0.6) is 0 Å². The summed E-state index contributed by atoms with van der Waals surface area (Å²) in [7, 11) is 0. The normalized spacial score (nSPS) is 22.6. The number of hydrogen-bond donors (Lipinski definition) is 1. The number of carboxylic acids is 1. The smallest absolute Gasteiger partial charge is 0.306 e. The third-order valence-electron chi connectivity index (χ3n) is 4.10. The van der Waals surface area contributed by atoms with Gasteiger partial charge in [-0.05, 0) is 45.2 Å². The number of amides is 1. The first-order chi connectivity index (χ1) is 9.40. The summed E-state index contributed by atoms with van der Waals surface area (Å²) >= 11 is 0. The average Bonchev–Trinajstić information content (AvgIpc) is 2.37. The summed E-state index contributed by atoms with van der Waals surface area (Å²) < 4.78 is 0. The Balaban J connectivity index is 2.16. The van der Waals surface area contributed by atoms with Crippen molar-refractivity contribution in [3.8, 4) is 0 Å². The lowest BCUT2D eigenvalue weighted by molar-refractivity contribution is -0.143. The molecular formula is C16H21NO3.